The molecule has 0 unspecified atom stereocenters. The van der Waals surface area contributed by atoms with Gasteiger partial charge in [0.05, 0.1) is 12.8 Å². The number of rotatable bonds is 6. The maximum absolute atomic E-state index is 11.8. The Morgan fingerprint density at radius 1 is 1.27 bits per heavy atom. The van der Waals surface area contributed by atoms with Crippen LogP contribution >= 0.6 is 0 Å². The van der Waals surface area contributed by atoms with E-state index in [2.05, 4.69) is 10.5 Å². The molecule has 0 bridgehead atoms. The highest BCUT2D eigenvalue weighted by Gasteiger charge is 2.15. The Morgan fingerprint density at radius 3 is 2.77 bits per heavy atom. The lowest BCUT2D eigenvalue weighted by atomic mass is 10.1. The van der Waals surface area contributed by atoms with Crippen LogP contribution in [0.4, 0.5) is 0 Å². The summed E-state index contributed by atoms with van der Waals surface area (Å²) in [4.78, 5) is 11.8. The van der Waals surface area contributed by atoms with Gasteiger partial charge in [-0.25, -0.2) is 5.43 Å². The summed E-state index contributed by atoms with van der Waals surface area (Å²) in [5, 5.41) is 13.7. The molecule has 0 spiro atoms. The lowest BCUT2D eigenvalue weighted by molar-refractivity contribution is -0.129. The van der Waals surface area contributed by atoms with Crippen molar-refractivity contribution in [3.05, 3.63) is 65.7 Å². The number of hydrogen-bond acceptors (Lipinski definition) is 4. The minimum absolute atomic E-state index is 0.522. The van der Waals surface area contributed by atoms with Crippen molar-refractivity contribution in [3.63, 3.8) is 0 Å². The van der Waals surface area contributed by atoms with Gasteiger partial charge >= 0.3 is 0 Å². The normalized spacial score (nSPS) is 12.1. The molecule has 0 aliphatic heterocycles. The maximum Gasteiger partial charge on any atom is 0.273 e. The summed E-state index contributed by atoms with van der Waals surface area (Å²) in [6.07, 6.45) is 0.256. The highest BCUT2D eigenvalue weighted by Crippen LogP contribution is 2.13. The minimum Gasteiger partial charge on any atom is -0.494 e. The number of hydrogen-bond donors (Lipinski definition) is 2. The average molecular weight is 298 g/mol. The number of carbonyl (C=O) groups excluding carboxylic acids is 1. The third-order valence-electron chi connectivity index (χ3n) is 2.92. The maximum atomic E-state index is 11.8. The molecule has 0 radical (unpaired) electrons. The van der Waals surface area contributed by atoms with Gasteiger partial charge in [0.15, 0.2) is 6.10 Å². The standard InChI is InChI=1S/C17H18N2O3/c1-2-22-15-10-6-7-13(11-15)12-18-19-17(21)16(20)14-8-4-3-5-9-14/h3-12,16,20H,2H2,1H3,(H,19,21)/b18-12-/t16-/m1/s1. The molecule has 0 saturated carbocycles. The Balaban J connectivity index is 1.94. The number of nitrogens with zero attached hydrogens (tertiary/aromatic N) is 1. The molecule has 22 heavy (non-hydrogen) atoms. The van der Waals surface area contributed by atoms with Gasteiger partial charge in [-0.2, -0.15) is 5.10 Å². The lowest BCUT2D eigenvalue weighted by Crippen LogP contribution is -2.25. The monoisotopic (exact) mass is 298 g/mol. The molecule has 0 fully saturated rings. The molecule has 2 aromatic carbocycles. The van der Waals surface area contributed by atoms with Crippen LogP contribution in [0.15, 0.2) is 59.7 Å². The van der Waals surface area contributed by atoms with Crippen LogP contribution in [0.5, 0.6) is 5.75 Å². The third kappa shape index (κ3) is 4.43. The summed E-state index contributed by atoms with van der Waals surface area (Å²) in [7, 11) is 0. The average Bonchev–Trinajstić information content (AvgIpc) is 2.55. The molecule has 1 atom stereocenters. The van der Waals surface area contributed by atoms with Crippen molar-refractivity contribution < 1.29 is 14.6 Å². The molecular weight excluding hydrogens is 280 g/mol. The zero-order chi connectivity index (χ0) is 15.8. The number of nitrogens with one attached hydrogen (secondary N) is 1. The Kier molecular flexibility index (Phi) is 5.68. The summed E-state index contributed by atoms with van der Waals surface area (Å²) in [6.45, 7) is 2.49. The molecule has 5 nitrogen and oxygen atoms in total. The first-order valence-electron chi connectivity index (χ1n) is 6.99. The van der Waals surface area contributed by atoms with Crippen LogP contribution in [0.25, 0.3) is 0 Å². The van der Waals surface area contributed by atoms with Crippen molar-refractivity contribution in [3.8, 4) is 5.75 Å². The quantitative estimate of drug-likeness (QED) is 0.635. The van der Waals surface area contributed by atoms with Crippen molar-refractivity contribution in [2.45, 2.75) is 13.0 Å². The largest absolute Gasteiger partial charge is 0.494 e. The number of aliphatic hydroxyl groups is 1. The number of ether oxygens (including phenoxy) is 1. The van der Waals surface area contributed by atoms with Gasteiger partial charge in [-0.3, -0.25) is 4.79 Å². The second kappa shape index (κ2) is 7.95. The van der Waals surface area contributed by atoms with Crippen LogP contribution in [0.3, 0.4) is 0 Å². The lowest BCUT2D eigenvalue weighted by Gasteiger charge is -2.08. The number of benzene rings is 2. The van der Waals surface area contributed by atoms with E-state index in [1.165, 1.54) is 6.21 Å². The van der Waals surface area contributed by atoms with Crippen LogP contribution in [0.1, 0.15) is 24.2 Å². The Labute approximate surface area is 129 Å². The van der Waals surface area contributed by atoms with Crippen LogP contribution in [-0.4, -0.2) is 23.8 Å². The SMILES string of the molecule is CCOc1cccc(/C=N\NC(=O)[C@H](O)c2ccccc2)c1. The van der Waals surface area contributed by atoms with E-state index in [0.29, 0.717) is 12.2 Å². The first kappa shape index (κ1) is 15.7. The first-order valence-corrected chi connectivity index (χ1v) is 6.99. The third-order valence-corrected chi connectivity index (χ3v) is 2.92. The summed E-state index contributed by atoms with van der Waals surface area (Å²) >= 11 is 0. The van der Waals surface area contributed by atoms with E-state index in [-0.39, 0.29) is 0 Å². The van der Waals surface area contributed by atoms with Crippen molar-refractivity contribution in [2.75, 3.05) is 6.61 Å². The van der Waals surface area contributed by atoms with Crippen molar-refractivity contribution >= 4 is 12.1 Å². The van der Waals surface area contributed by atoms with Gasteiger partial charge in [0, 0.05) is 0 Å². The van der Waals surface area contributed by atoms with Gasteiger partial charge in [-0.05, 0) is 30.2 Å². The van der Waals surface area contributed by atoms with E-state index in [9.17, 15) is 9.90 Å². The number of hydrazone groups is 1. The smallest absolute Gasteiger partial charge is 0.273 e. The van der Waals surface area contributed by atoms with E-state index in [1.54, 1.807) is 24.3 Å². The summed E-state index contributed by atoms with van der Waals surface area (Å²) in [6, 6.07) is 16.0. The van der Waals surface area contributed by atoms with Crippen LogP contribution in [-0.2, 0) is 4.79 Å². The van der Waals surface area contributed by atoms with E-state index in [0.717, 1.165) is 11.3 Å². The van der Waals surface area contributed by atoms with Gasteiger partial charge in [0.1, 0.15) is 5.75 Å². The van der Waals surface area contributed by atoms with Crippen LogP contribution in [0, 0.1) is 0 Å². The van der Waals surface area contributed by atoms with Crippen molar-refractivity contribution in [2.24, 2.45) is 5.10 Å². The molecule has 2 rings (SSSR count). The fraction of sp³-hybridized carbons (Fsp3) is 0.176. The second-order valence-corrected chi connectivity index (χ2v) is 4.55. The van der Waals surface area contributed by atoms with Gasteiger partial charge in [-0.15, -0.1) is 0 Å². The molecule has 5 heteroatoms. The number of carbonyl (C=O) groups is 1. The highest BCUT2D eigenvalue weighted by molar-refractivity contribution is 5.85. The van der Waals surface area contributed by atoms with Crippen molar-refractivity contribution in [1.29, 1.82) is 0 Å². The van der Waals surface area contributed by atoms with Gasteiger partial charge in [0.25, 0.3) is 5.91 Å². The van der Waals surface area contributed by atoms with Crippen molar-refractivity contribution in [1.82, 2.24) is 5.43 Å². The molecule has 2 aromatic rings. The Morgan fingerprint density at radius 2 is 2.05 bits per heavy atom. The van der Waals surface area contributed by atoms with E-state index in [4.69, 9.17) is 4.74 Å². The minimum atomic E-state index is -1.24. The molecule has 114 valence electrons. The number of aliphatic hydroxyl groups excluding tert-OH is 1. The van der Waals surface area contributed by atoms with Crippen LogP contribution < -0.4 is 10.2 Å². The van der Waals surface area contributed by atoms with Gasteiger partial charge < -0.3 is 9.84 Å². The molecule has 0 heterocycles. The fourth-order valence-corrected chi connectivity index (χ4v) is 1.87. The predicted octanol–water partition coefficient (Wildman–Crippen LogP) is 2.27. The Bertz CT molecular complexity index is 641. The van der Waals surface area contributed by atoms with E-state index < -0.39 is 12.0 Å². The molecule has 0 aliphatic rings. The molecular formula is C17H18N2O3. The van der Waals surface area contributed by atoms with E-state index >= 15 is 0 Å². The zero-order valence-corrected chi connectivity index (χ0v) is 12.3. The summed E-state index contributed by atoms with van der Waals surface area (Å²) in [5.74, 6) is 0.158. The molecule has 0 aliphatic carbocycles. The Hall–Kier alpha value is -2.66. The van der Waals surface area contributed by atoms with E-state index in [1.807, 2.05) is 37.3 Å². The first-order chi connectivity index (χ1) is 10.7. The highest BCUT2D eigenvalue weighted by atomic mass is 16.5. The topological polar surface area (TPSA) is 70.9 Å². The molecule has 0 saturated heterocycles. The fourth-order valence-electron chi connectivity index (χ4n) is 1.87. The van der Waals surface area contributed by atoms with Gasteiger partial charge in [-0.1, -0.05) is 42.5 Å². The molecule has 1 amide bonds. The molecule has 0 aromatic heterocycles. The molecule has 2 N–H and O–H groups in total. The summed E-state index contributed by atoms with van der Waals surface area (Å²) < 4.78 is 5.38. The second-order valence-electron chi connectivity index (χ2n) is 4.55. The van der Waals surface area contributed by atoms with Crippen LogP contribution in [0.2, 0.25) is 0 Å². The predicted molar refractivity (Wildman–Crippen MR) is 84.7 cm³/mol. The number of amides is 1. The summed E-state index contributed by atoms with van der Waals surface area (Å²) in [5.41, 5.74) is 3.63. The zero-order valence-electron chi connectivity index (χ0n) is 12.3. The van der Waals surface area contributed by atoms with Gasteiger partial charge in [0.2, 0.25) is 0 Å².